The Morgan fingerprint density at radius 1 is 0.900 bits per heavy atom. The van der Waals surface area contributed by atoms with Crippen LogP contribution in [0.3, 0.4) is 0 Å². The predicted octanol–water partition coefficient (Wildman–Crippen LogP) is 2.53. The number of carbonyl (C=O) groups excluding carboxylic acids is 3. The van der Waals surface area contributed by atoms with Crippen molar-refractivity contribution in [2.75, 3.05) is 23.4 Å². The van der Waals surface area contributed by atoms with Crippen LogP contribution in [-0.2, 0) is 19.9 Å². The highest BCUT2D eigenvalue weighted by Gasteiger charge is 2.74. The van der Waals surface area contributed by atoms with Crippen molar-refractivity contribution in [2.24, 2.45) is 11.8 Å². The van der Waals surface area contributed by atoms with Crippen LogP contribution in [0.4, 0.5) is 11.4 Å². The highest BCUT2D eigenvalue weighted by atomic mass is 16.2. The largest absolute Gasteiger partial charge is 0.313 e. The van der Waals surface area contributed by atoms with Crippen LogP contribution in [0, 0.1) is 11.8 Å². The monoisotopic (exact) mass is 401 g/mol. The van der Waals surface area contributed by atoms with E-state index in [0.717, 1.165) is 37.1 Å². The second-order valence-electron chi connectivity index (χ2n) is 8.76. The summed E-state index contributed by atoms with van der Waals surface area (Å²) >= 11 is 0. The van der Waals surface area contributed by atoms with Gasteiger partial charge in [0.15, 0.2) is 0 Å². The molecule has 3 amide bonds. The van der Waals surface area contributed by atoms with E-state index in [0.29, 0.717) is 5.69 Å². The smallest absolute Gasteiger partial charge is 0.252 e. The van der Waals surface area contributed by atoms with E-state index in [1.165, 1.54) is 4.90 Å². The number of carbonyl (C=O) groups is 3. The zero-order chi connectivity index (χ0) is 20.6. The summed E-state index contributed by atoms with van der Waals surface area (Å²) in [5.41, 5.74) is 1.21. The van der Waals surface area contributed by atoms with E-state index in [1.807, 2.05) is 42.5 Å². The highest BCUT2D eigenvalue weighted by molar-refractivity contribution is 6.26. The van der Waals surface area contributed by atoms with Crippen LogP contribution in [0.5, 0.6) is 0 Å². The maximum absolute atomic E-state index is 13.9. The van der Waals surface area contributed by atoms with Crippen molar-refractivity contribution in [3.05, 3.63) is 60.2 Å². The Bertz CT molecular complexity index is 1080. The Morgan fingerprint density at radius 2 is 1.63 bits per heavy atom. The van der Waals surface area contributed by atoms with Gasteiger partial charge in [-0.15, -0.1) is 0 Å². The molecule has 2 aromatic carbocycles. The quantitative estimate of drug-likeness (QED) is 0.689. The molecule has 4 heterocycles. The molecule has 0 bridgehead atoms. The van der Waals surface area contributed by atoms with Crippen molar-refractivity contribution in [3.8, 4) is 0 Å². The molecule has 0 saturated carbocycles. The van der Waals surface area contributed by atoms with Crippen LogP contribution in [0.1, 0.15) is 24.8 Å². The molecule has 6 heteroatoms. The summed E-state index contributed by atoms with van der Waals surface area (Å²) < 4.78 is 0. The molecule has 1 spiro atoms. The van der Waals surface area contributed by atoms with E-state index < -0.39 is 17.4 Å². The number of benzene rings is 2. The second kappa shape index (κ2) is 6.01. The molecule has 30 heavy (non-hydrogen) atoms. The Balaban J connectivity index is 1.59. The number of nitrogens with zero attached hydrogens (tertiary/aromatic N) is 3. The van der Waals surface area contributed by atoms with Crippen molar-refractivity contribution in [2.45, 2.75) is 30.8 Å². The van der Waals surface area contributed by atoms with Gasteiger partial charge in [0.2, 0.25) is 11.8 Å². The maximum atomic E-state index is 13.9. The fourth-order valence-electron chi connectivity index (χ4n) is 6.44. The third-order valence-corrected chi connectivity index (χ3v) is 7.54. The first kappa shape index (κ1) is 17.8. The first-order valence-electron chi connectivity index (χ1n) is 10.7. The molecular formula is C24H23N3O3. The second-order valence-corrected chi connectivity index (χ2v) is 8.76. The normalized spacial score (nSPS) is 32.7. The Labute approximate surface area is 175 Å². The van der Waals surface area contributed by atoms with E-state index >= 15 is 0 Å². The third kappa shape index (κ3) is 1.90. The lowest BCUT2D eigenvalue weighted by molar-refractivity contribution is -0.138. The zero-order valence-electron chi connectivity index (χ0n) is 16.8. The summed E-state index contributed by atoms with van der Waals surface area (Å²) in [5.74, 6) is -1.67. The van der Waals surface area contributed by atoms with Gasteiger partial charge in [-0.05, 0) is 37.6 Å². The van der Waals surface area contributed by atoms with E-state index in [2.05, 4.69) is 4.90 Å². The molecule has 152 valence electrons. The van der Waals surface area contributed by atoms with E-state index in [-0.39, 0.29) is 23.8 Å². The summed E-state index contributed by atoms with van der Waals surface area (Å²) in [6.45, 7) is 0.734. The number of piperidine rings is 1. The summed E-state index contributed by atoms with van der Waals surface area (Å²) in [4.78, 5) is 46.6. The predicted molar refractivity (Wildman–Crippen MR) is 112 cm³/mol. The molecular weight excluding hydrogens is 378 g/mol. The summed E-state index contributed by atoms with van der Waals surface area (Å²) in [7, 11) is 1.78. The van der Waals surface area contributed by atoms with Gasteiger partial charge in [-0.1, -0.05) is 42.8 Å². The fourth-order valence-corrected chi connectivity index (χ4v) is 6.44. The van der Waals surface area contributed by atoms with Crippen LogP contribution >= 0.6 is 0 Å². The average molecular weight is 401 g/mol. The number of anilines is 2. The van der Waals surface area contributed by atoms with E-state index in [4.69, 9.17) is 0 Å². The van der Waals surface area contributed by atoms with Gasteiger partial charge in [0, 0.05) is 24.3 Å². The lowest BCUT2D eigenvalue weighted by atomic mass is 9.76. The number of para-hydroxylation sites is 2. The first-order valence-corrected chi connectivity index (χ1v) is 10.7. The molecule has 2 aromatic rings. The Hall–Kier alpha value is -2.99. The molecule has 3 saturated heterocycles. The number of likely N-dealkylation sites (N-methyl/N-ethyl adjacent to an activating group) is 1. The van der Waals surface area contributed by atoms with E-state index in [9.17, 15) is 14.4 Å². The minimum absolute atomic E-state index is 0.0841. The third-order valence-electron chi connectivity index (χ3n) is 7.54. The molecule has 4 aliphatic rings. The van der Waals surface area contributed by atoms with Crippen LogP contribution in [0.15, 0.2) is 54.6 Å². The number of hydrogen-bond acceptors (Lipinski definition) is 4. The van der Waals surface area contributed by atoms with Crippen molar-refractivity contribution < 1.29 is 14.4 Å². The van der Waals surface area contributed by atoms with Gasteiger partial charge < -0.3 is 4.90 Å². The molecule has 4 atom stereocenters. The standard InChI is InChI=1S/C24H23N3O3/c1-25-17-12-6-5-11-16(17)24(23(25)30)20-19(18-13-7-8-14-26(18)24)21(28)27(22(20)29)15-9-3-2-4-10-15/h2-6,9-12,18-20H,7-8,13-14H2,1H3. The van der Waals surface area contributed by atoms with Crippen LogP contribution < -0.4 is 9.80 Å². The molecule has 6 nitrogen and oxygen atoms in total. The minimum atomic E-state index is -1.09. The van der Waals surface area contributed by atoms with Crippen LogP contribution in [-0.4, -0.2) is 42.3 Å². The van der Waals surface area contributed by atoms with Gasteiger partial charge in [-0.3, -0.25) is 19.3 Å². The van der Waals surface area contributed by atoms with Crippen molar-refractivity contribution in [3.63, 3.8) is 0 Å². The maximum Gasteiger partial charge on any atom is 0.252 e. The Kier molecular flexibility index (Phi) is 3.58. The lowest BCUT2D eigenvalue weighted by Gasteiger charge is -2.42. The molecule has 4 unspecified atom stereocenters. The fraction of sp³-hybridized carbons (Fsp3) is 0.375. The van der Waals surface area contributed by atoms with Gasteiger partial charge in [-0.2, -0.15) is 0 Å². The zero-order valence-corrected chi connectivity index (χ0v) is 16.8. The summed E-state index contributed by atoms with van der Waals surface area (Å²) in [6.07, 6.45) is 2.82. The topological polar surface area (TPSA) is 60.9 Å². The molecule has 6 rings (SSSR count). The summed E-state index contributed by atoms with van der Waals surface area (Å²) in [5, 5.41) is 0. The average Bonchev–Trinajstić information content (AvgIpc) is 3.32. The highest BCUT2D eigenvalue weighted by Crippen LogP contribution is 2.61. The van der Waals surface area contributed by atoms with Gasteiger partial charge in [-0.25, -0.2) is 4.90 Å². The number of hydrogen-bond donors (Lipinski definition) is 0. The Morgan fingerprint density at radius 3 is 2.43 bits per heavy atom. The number of imide groups is 1. The summed E-state index contributed by atoms with van der Waals surface area (Å²) in [6, 6.07) is 16.8. The SMILES string of the molecule is CN1C(=O)C2(c3ccccc31)C1C(=O)N(c3ccccc3)C(=O)C1C1CCCCN12. The number of amides is 3. The van der Waals surface area contributed by atoms with Crippen molar-refractivity contribution in [1.82, 2.24) is 4.90 Å². The van der Waals surface area contributed by atoms with Crippen molar-refractivity contribution in [1.29, 1.82) is 0 Å². The van der Waals surface area contributed by atoms with Crippen molar-refractivity contribution >= 4 is 29.1 Å². The molecule has 0 aromatic heterocycles. The van der Waals surface area contributed by atoms with Crippen LogP contribution in [0.2, 0.25) is 0 Å². The number of rotatable bonds is 1. The van der Waals surface area contributed by atoms with Crippen LogP contribution in [0.25, 0.3) is 0 Å². The van der Waals surface area contributed by atoms with Gasteiger partial charge in [0.1, 0.15) is 5.54 Å². The lowest BCUT2D eigenvalue weighted by Crippen LogP contribution is -2.57. The first-order chi connectivity index (χ1) is 14.6. The van der Waals surface area contributed by atoms with Gasteiger partial charge in [0.25, 0.3) is 5.91 Å². The molecule has 0 N–H and O–H groups in total. The minimum Gasteiger partial charge on any atom is -0.313 e. The number of fused-ring (bicyclic) bond motifs is 7. The van der Waals surface area contributed by atoms with Gasteiger partial charge in [0.05, 0.1) is 17.5 Å². The molecule has 0 aliphatic carbocycles. The van der Waals surface area contributed by atoms with E-state index in [1.54, 1.807) is 24.1 Å². The molecule has 0 radical (unpaired) electrons. The molecule has 4 aliphatic heterocycles. The van der Waals surface area contributed by atoms with Gasteiger partial charge >= 0.3 is 0 Å². The molecule has 3 fully saturated rings.